The predicted molar refractivity (Wildman–Crippen MR) is 134 cm³/mol. The molecule has 0 radical (unpaired) electrons. The number of para-hydroxylation sites is 1. The van der Waals surface area contributed by atoms with Crippen LogP contribution in [-0.4, -0.2) is 0 Å². The van der Waals surface area contributed by atoms with Crippen molar-refractivity contribution in [2.24, 2.45) is 0 Å². The monoisotopic (exact) mass is 397 g/mol. The summed E-state index contributed by atoms with van der Waals surface area (Å²) < 4.78 is 0. The SMILES string of the molecule is C1=c2c(Nc3ccccc3)c3ccccc3c(-c3ccc4ccccc4c3)c2=CCC1. The van der Waals surface area contributed by atoms with Crippen molar-refractivity contribution >= 4 is 45.1 Å². The van der Waals surface area contributed by atoms with Gasteiger partial charge in [-0.25, -0.2) is 0 Å². The van der Waals surface area contributed by atoms with Gasteiger partial charge in [0.1, 0.15) is 0 Å². The first-order chi connectivity index (χ1) is 15.4. The molecule has 0 aliphatic heterocycles. The van der Waals surface area contributed by atoms with Crippen LogP contribution in [0.4, 0.5) is 11.4 Å². The maximum Gasteiger partial charge on any atom is 0.0540 e. The van der Waals surface area contributed by atoms with Crippen LogP contribution in [0.5, 0.6) is 0 Å². The minimum Gasteiger partial charge on any atom is -0.355 e. The second-order valence-corrected chi connectivity index (χ2v) is 8.16. The molecule has 5 aromatic rings. The fraction of sp³-hybridized carbons (Fsp3) is 0.0667. The summed E-state index contributed by atoms with van der Waals surface area (Å²) in [7, 11) is 0. The minimum atomic E-state index is 1.08. The standard InChI is InChI=1S/C30H23N/c1-2-12-24(13-3-1)31-30-27-16-8-6-14-25(27)29(26-15-7-9-17-28(26)30)23-19-18-21-10-4-5-11-22(21)20-23/h1-6,8,10-20,31H,7,9H2. The second-order valence-electron chi connectivity index (χ2n) is 8.16. The summed E-state index contributed by atoms with van der Waals surface area (Å²) in [6, 6.07) is 34.7. The van der Waals surface area contributed by atoms with E-state index < -0.39 is 0 Å². The molecule has 0 fully saturated rings. The third kappa shape index (κ3) is 3.10. The summed E-state index contributed by atoms with van der Waals surface area (Å²) >= 11 is 0. The highest BCUT2D eigenvalue weighted by Gasteiger charge is 2.15. The van der Waals surface area contributed by atoms with E-state index in [1.807, 2.05) is 0 Å². The van der Waals surface area contributed by atoms with Crippen molar-refractivity contribution in [3.05, 3.63) is 107 Å². The van der Waals surface area contributed by atoms with Crippen molar-refractivity contribution in [2.45, 2.75) is 12.8 Å². The number of hydrogen-bond donors (Lipinski definition) is 1. The van der Waals surface area contributed by atoms with E-state index in [-0.39, 0.29) is 0 Å². The number of fused-ring (bicyclic) bond motifs is 3. The Kier molecular flexibility index (Phi) is 4.32. The van der Waals surface area contributed by atoms with Crippen molar-refractivity contribution in [2.75, 3.05) is 5.32 Å². The van der Waals surface area contributed by atoms with E-state index in [1.54, 1.807) is 0 Å². The number of benzene rings is 5. The molecular weight excluding hydrogens is 374 g/mol. The Bertz CT molecular complexity index is 1550. The lowest BCUT2D eigenvalue weighted by molar-refractivity contribution is 1.12. The Morgan fingerprint density at radius 3 is 2.06 bits per heavy atom. The van der Waals surface area contributed by atoms with Crippen LogP contribution in [0.15, 0.2) is 97.1 Å². The van der Waals surface area contributed by atoms with Gasteiger partial charge in [-0.15, -0.1) is 0 Å². The summed E-state index contributed by atoms with van der Waals surface area (Å²) in [5.74, 6) is 0. The molecule has 0 unspecified atom stereocenters. The van der Waals surface area contributed by atoms with Crippen LogP contribution in [0.1, 0.15) is 12.8 Å². The van der Waals surface area contributed by atoms with Gasteiger partial charge in [-0.2, -0.15) is 0 Å². The Morgan fingerprint density at radius 1 is 0.548 bits per heavy atom. The molecule has 0 spiro atoms. The smallest absolute Gasteiger partial charge is 0.0540 e. The van der Waals surface area contributed by atoms with Gasteiger partial charge in [0.15, 0.2) is 0 Å². The van der Waals surface area contributed by atoms with Gasteiger partial charge >= 0.3 is 0 Å². The molecule has 0 atom stereocenters. The van der Waals surface area contributed by atoms with Gasteiger partial charge in [0.25, 0.3) is 0 Å². The van der Waals surface area contributed by atoms with Crippen LogP contribution < -0.4 is 15.8 Å². The lowest BCUT2D eigenvalue weighted by Gasteiger charge is -2.18. The predicted octanol–water partition coefficient (Wildman–Crippen LogP) is 6.76. The Morgan fingerprint density at radius 2 is 1.23 bits per heavy atom. The van der Waals surface area contributed by atoms with Crippen LogP contribution >= 0.6 is 0 Å². The molecular formula is C30H23N. The molecule has 6 rings (SSSR count). The van der Waals surface area contributed by atoms with Crippen LogP contribution in [0.2, 0.25) is 0 Å². The molecule has 1 nitrogen and oxygen atoms in total. The van der Waals surface area contributed by atoms with Gasteiger partial charge < -0.3 is 5.32 Å². The van der Waals surface area contributed by atoms with Crippen LogP contribution in [-0.2, 0) is 0 Å². The molecule has 1 heteroatoms. The first-order valence-electron chi connectivity index (χ1n) is 10.9. The lowest BCUT2D eigenvalue weighted by Crippen LogP contribution is -2.31. The number of anilines is 2. The highest BCUT2D eigenvalue weighted by atomic mass is 14.9. The molecule has 5 aromatic carbocycles. The fourth-order valence-corrected chi connectivity index (χ4v) is 4.81. The van der Waals surface area contributed by atoms with E-state index >= 15 is 0 Å². The zero-order chi connectivity index (χ0) is 20.6. The molecule has 0 amide bonds. The van der Waals surface area contributed by atoms with E-state index in [4.69, 9.17) is 0 Å². The summed E-state index contributed by atoms with van der Waals surface area (Å²) in [4.78, 5) is 0. The topological polar surface area (TPSA) is 12.0 Å². The maximum atomic E-state index is 3.73. The third-order valence-corrected chi connectivity index (χ3v) is 6.24. The van der Waals surface area contributed by atoms with Crippen LogP contribution in [0.25, 0.3) is 44.8 Å². The summed E-state index contributed by atoms with van der Waals surface area (Å²) in [6.07, 6.45) is 6.97. The summed E-state index contributed by atoms with van der Waals surface area (Å²) in [6.45, 7) is 0. The molecule has 0 saturated heterocycles. The Balaban J connectivity index is 1.69. The van der Waals surface area contributed by atoms with E-state index in [0.29, 0.717) is 0 Å². The molecule has 0 heterocycles. The lowest BCUT2D eigenvalue weighted by atomic mass is 9.90. The molecule has 0 bridgehead atoms. The van der Waals surface area contributed by atoms with Crippen molar-refractivity contribution in [3.63, 3.8) is 0 Å². The van der Waals surface area contributed by atoms with Gasteiger partial charge in [-0.05, 0) is 63.5 Å². The number of nitrogens with one attached hydrogen (secondary N) is 1. The van der Waals surface area contributed by atoms with Gasteiger partial charge in [-0.1, -0.05) is 91.0 Å². The molecule has 1 N–H and O–H groups in total. The third-order valence-electron chi connectivity index (χ3n) is 6.24. The number of rotatable bonds is 3. The quantitative estimate of drug-likeness (QED) is 0.355. The summed E-state index contributed by atoms with van der Waals surface area (Å²) in [5.41, 5.74) is 4.94. The van der Waals surface area contributed by atoms with Gasteiger partial charge in [0, 0.05) is 16.3 Å². The van der Waals surface area contributed by atoms with Crippen LogP contribution in [0, 0.1) is 0 Å². The van der Waals surface area contributed by atoms with Crippen molar-refractivity contribution in [3.8, 4) is 11.1 Å². The average molecular weight is 398 g/mol. The van der Waals surface area contributed by atoms with E-state index in [2.05, 4.69) is 115 Å². The maximum absolute atomic E-state index is 3.73. The molecule has 1 aliphatic rings. The van der Waals surface area contributed by atoms with Gasteiger partial charge in [-0.3, -0.25) is 0 Å². The molecule has 0 saturated carbocycles. The normalized spacial score (nSPS) is 12.8. The first-order valence-corrected chi connectivity index (χ1v) is 10.9. The molecule has 0 aromatic heterocycles. The van der Waals surface area contributed by atoms with Crippen molar-refractivity contribution in [1.82, 2.24) is 0 Å². The fourth-order valence-electron chi connectivity index (χ4n) is 4.81. The van der Waals surface area contributed by atoms with Crippen LogP contribution in [0.3, 0.4) is 0 Å². The highest BCUT2D eigenvalue weighted by molar-refractivity contribution is 6.06. The van der Waals surface area contributed by atoms with Gasteiger partial charge in [0.05, 0.1) is 5.69 Å². The molecule has 31 heavy (non-hydrogen) atoms. The number of hydrogen-bond acceptors (Lipinski definition) is 1. The summed E-state index contributed by atoms with van der Waals surface area (Å²) in [5, 5.41) is 11.5. The highest BCUT2D eigenvalue weighted by Crippen LogP contribution is 2.32. The Hall–Kier alpha value is -3.84. The first kappa shape index (κ1) is 18.0. The zero-order valence-corrected chi connectivity index (χ0v) is 17.3. The van der Waals surface area contributed by atoms with Gasteiger partial charge in [0.2, 0.25) is 0 Å². The second kappa shape index (κ2) is 7.45. The van der Waals surface area contributed by atoms with Crippen molar-refractivity contribution in [1.29, 1.82) is 0 Å². The van der Waals surface area contributed by atoms with E-state index in [9.17, 15) is 0 Å². The van der Waals surface area contributed by atoms with E-state index in [1.165, 1.54) is 48.8 Å². The minimum absolute atomic E-state index is 1.08. The van der Waals surface area contributed by atoms with Crippen molar-refractivity contribution < 1.29 is 0 Å². The Labute approximate surface area is 182 Å². The molecule has 1 aliphatic carbocycles. The largest absolute Gasteiger partial charge is 0.355 e. The zero-order valence-electron chi connectivity index (χ0n) is 17.3. The van der Waals surface area contributed by atoms with E-state index in [0.717, 1.165) is 18.5 Å². The average Bonchev–Trinajstić information content (AvgIpc) is 2.84. The molecule has 148 valence electrons.